The Bertz CT molecular complexity index is 436. The molecule has 0 bridgehead atoms. The zero-order valence-corrected chi connectivity index (χ0v) is 9.02. The fraction of sp³-hybridized carbons (Fsp3) is 0.0714. The van der Waals surface area contributed by atoms with Gasteiger partial charge in [0.25, 0.3) is 0 Å². The van der Waals surface area contributed by atoms with Crippen molar-refractivity contribution in [2.24, 2.45) is 4.99 Å². The minimum atomic E-state index is -0.241. The van der Waals surface area contributed by atoms with E-state index < -0.39 is 0 Å². The van der Waals surface area contributed by atoms with Crippen molar-refractivity contribution in [1.82, 2.24) is 0 Å². The average molecular weight is 213 g/mol. The smallest absolute Gasteiger partial charge is 0.123 e. The summed E-state index contributed by atoms with van der Waals surface area (Å²) in [6.45, 7) is 2.04. The second-order valence-electron chi connectivity index (χ2n) is 3.65. The maximum Gasteiger partial charge on any atom is 0.123 e. The summed E-state index contributed by atoms with van der Waals surface area (Å²) >= 11 is 0. The van der Waals surface area contributed by atoms with E-state index in [9.17, 15) is 4.39 Å². The summed E-state index contributed by atoms with van der Waals surface area (Å²) in [7, 11) is 0. The molecule has 0 unspecified atom stereocenters. The summed E-state index contributed by atoms with van der Waals surface area (Å²) in [5.74, 6) is -0.241. The van der Waals surface area contributed by atoms with E-state index in [0.29, 0.717) is 0 Å². The van der Waals surface area contributed by atoms with Crippen molar-refractivity contribution in [2.75, 3.05) is 0 Å². The lowest BCUT2D eigenvalue weighted by Crippen LogP contribution is -1.80. The molecular weight excluding hydrogens is 201 g/mol. The predicted octanol–water partition coefficient (Wildman–Crippen LogP) is 3.88. The highest BCUT2D eigenvalue weighted by Crippen LogP contribution is 2.12. The molecule has 0 aliphatic rings. The highest BCUT2D eigenvalue weighted by atomic mass is 19.1. The summed E-state index contributed by atoms with van der Waals surface area (Å²) in [5, 5.41) is 0. The van der Waals surface area contributed by atoms with Gasteiger partial charge in [0.1, 0.15) is 5.82 Å². The first kappa shape index (κ1) is 10.6. The minimum Gasteiger partial charge on any atom is -0.256 e. The van der Waals surface area contributed by atoms with E-state index in [-0.39, 0.29) is 5.82 Å². The summed E-state index contributed by atoms with van der Waals surface area (Å²) in [4.78, 5) is 4.26. The molecule has 0 aliphatic heterocycles. The molecule has 16 heavy (non-hydrogen) atoms. The molecular formula is C14H12FN. The number of aryl methyl sites for hydroxylation is 1. The second-order valence-corrected chi connectivity index (χ2v) is 3.65. The van der Waals surface area contributed by atoms with Gasteiger partial charge in [-0.2, -0.15) is 0 Å². The van der Waals surface area contributed by atoms with Gasteiger partial charge < -0.3 is 0 Å². The van der Waals surface area contributed by atoms with Crippen LogP contribution < -0.4 is 0 Å². The molecule has 0 saturated heterocycles. The highest BCUT2D eigenvalue weighted by Gasteiger charge is 1.90. The van der Waals surface area contributed by atoms with Crippen LogP contribution in [-0.2, 0) is 0 Å². The Morgan fingerprint density at radius 1 is 0.938 bits per heavy atom. The summed E-state index contributed by atoms with van der Waals surface area (Å²) in [5.41, 5.74) is 3.01. The second kappa shape index (κ2) is 4.71. The van der Waals surface area contributed by atoms with Gasteiger partial charge in [0.05, 0.1) is 5.69 Å². The first-order valence-corrected chi connectivity index (χ1v) is 5.10. The first-order chi connectivity index (χ1) is 7.74. The van der Waals surface area contributed by atoms with Gasteiger partial charge in [-0.05, 0) is 36.8 Å². The lowest BCUT2D eigenvalue weighted by Gasteiger charge is -1.95. The first-order valence-electron chi connectivity index (χ1n) is 5.10. The van der Waals surface area contributed by atoms with Crippen LogP contribution in [0.2, 0.25) is 0 Å². The van der Waals surface area contributed by atoms with Crippen LogP contribution in [0, 0.1) is 12.7 Å². The van der Waals surface area contributed by atoms with E-state index in [1.165, 1.54) is 17.7 Å². The van der Waals surface area contributed by atoms with Gasteiger partial charge in [-0.25, -0.2) is 4.39 Å². The van der Waals surface area contributed by atoms with E-state index in [2.05, 4.69) is 4.99 Å². The number of hydrogen-bond donors (Lipinski definition) is 0. The molecule has 2 rings (SSSR count). The van der Waals surface area contributed by atoms with E-state index in [0.717, 1.165) is 11.3 Å². The van der Waals surface area contributed by atoms with E-state index in [1.807, 2.05) is 31.2 Å². The third-order valence-electron chi connectivity index (χ3n) is 2.27. The Hall–Kier alpha value is -1.96. The predicted molar refractivity (Wildman–Crippen MR) is 64.8 cm³/mol. The number of benzene rings is 2. The van der Waals surface area contributed by atoms with Crippen LogP contribution in [0.1, 0.15) is 11.1 Å². The van der Waals surface area contributed by atoms with Gasteiger partial charge in [-0.15, -0.1) is 0 Å². The van der Waals surface area contributed by atoms with Gasteiger partial charge in [0.2, 0.25) is 0 Å². The molecule has 2 aromatic rings. The molecule has 0 amide bonds. The maximum absolute atomic E-state index is 12.6. The van der Waals surface area contributed by atoms with Crippen molar-refractivity contribution in [3.05, 3.63) is 65.5 Å². The van der Waals surface area contributed by atoms with Crippen molar-refractivity contribution in [1.29, 1.82) is 0 Å². The van der Waals surface area contributed by atoms with Crippen LogP contribution in [0.4, 0.5) is 10.1 Å². The summed E-state index contributed by atoms with van der Waals surface area (Å²) < 4.78 is 12.6. The van der Waals surface area contributed by atoms with E-state index >= 15 is 0 Å². The van der Waals surface area contributed by atoms with Crippen molar-refractivity contribution in [3.63, 3.8) is 0 Å². The standard InChI is InChI=1S/C14H12FN/c1-11-2-4-12(5-3-11)10-16-14-8-6-13(15)7-9-14/h2-10H,1H3. The van der Waals surface area contributed by atoms with Crippen molar-refractivity contribution >= 4 is 11.9 Å². The Morgan fingerprint density at radius 2 is 1.56 bits per heavy atom. The van der Waals surface area contributed by atoms with Crippen molar-refractivity contribution in [2.45, 2.75) is 6.92 Å². The number of nitrogens with zero attached hydrogens (tertiary/aromatic N) is 1. The molecule has 0 saturated carbocycles. The molecule has 0 radical (unpaired) electrons. The number of rotatable bonds is 2. The van der Waals surface area contributed by atoms with Crippen LogP contribution in [0.25, 0.3) is 0 Å². The quantitative estimate of drug-likeness (QED) is 0.671. The molecule has 80 valence electrons. The normalized spacial score (nSPS) is 10.9. The average Bonchev–Trinajstić information content (AvgIpc) is 2.30. The van der Waals surface area contributed by atoms with Crippen molar-refractivity contribution in [3.8, 4) is 0 Å². The summed E-state index contributed by atoms with van der Waals surface area (Å²) in [6, 6.07) is 14.2. The Labute approximate surface area is 94.3 Å². The van der Waals surface area contributed by atoms with E-state index in [1.54, 1.807) is 18.3 Å². The SMILES string of the molecule is Cc1ccc(C=Nc2ccc(F)cc2)cc1. The lowest BCUT2D eigenvalue weighted by atomic mass is 10.2. The van der Waals surface area contributed by atoms with Crippen LogP contribution in [0.15, 0.2) is 53.5 Å². The fourth-order valence-electron chi connectivity index (χ4n) is 1.33. The molecule has 0 spiro atoms. The van der Waals surface area contributed by atoms with Crippen LogP contribution in [0.3, 0.4) is 0 Å². The lowest BCUT2D eigenvalue weighted by molar-refractivity contribution is 0.628. The molecule has 0 aliphatic carbocycles. The Kier molecular flexibility index (Phi) is 3.10. The van der Waals surface area contributed by atoms with Gasteiger partial charge in [0.15, 0.2) is 0 Å². The Morgan fingerprint density at radius 3 is 2.19 bits per heavy atom. The van der Waals surface area contributed by atoms with Gasteiger partial charge >= 0.3 is 0 Å². The zero-order chi connectivity index (χ0) is 11.4. The third kappa shape index (κ3) is 2.76. The molecule has 2 heteroatoms. The van der Waals surface area contributed by atoms with Gasteiger partial charge in [-0.3, -0.25) is 4.99 Å². The van der Waals surface area contributed by atoms with Crippen molar-refractivity contribution < 1.29 is 4.39 Å². The fourth-order valence-corrected chi connectivity index (χ4v) is 1.33. The number of halogens is 1. The Balaban J connectivity index is 2.15. The topological polar surface area (TPSA) is 12.4 Å². The maximum atomic E-state index is 12.6. The molecule has 2 aromatic carbocycles. The molecule has 0 fully saturated rings. The van der Waals surface area contributed by atoms with Gasteiger partial charge in [-0.1, -0.05) is 29.8 Å². The largest absolute Gasteiger partial charge is 0.256 e. The van der Waals surface area contributed by atoms with Crippen LogP contribution in [0.5, 0.6) is 0 Å². The molecule has 0 atom stereocenters. The highest BCUT2D eigenvalue weighted by molar-refractivity contribution is 5.81. The number of aliphatic imine (C=N–C) groups is 1. The minimum absolute atomic E-state index is 0.241. The molecule has 0 N–H and O–H groups in total. The van der Waals surface area contributed by atoms with Crippen LogP contribution >= 0.6 is 0 Å². The van der Waals surface area contributed by atoms with Crippen LogP contribution in [-0.4, -0.2) is 6.21 Å². The van der Waals surface area contributed by atoms with Gasteiger partial charge in [0, 0.05) is 6.21 Å². The molecule has 0 aromatic heterocycles. The molecule has 1 nitrogen and oxygen atoms in total. The molecule has 0 heterocycles. The third-order valence-corrected chi connectivity index (χ3v) is 2.27. The monoisotopic (exact) mass is 213 g/mol. The number of hydrogen-bond acceptors (Lipinski definition) is 1. The zero-order valence-electron chi connectivity index (χ0n) is 9.02. The summed E-state index contributed by atoms with van der Waals surface area (Å²) in [6.07, 6.45) is 1.77. The van der Waals surface area contributed by atoms with E-state index in [4.69, 9.17) is 0 Å².